The second kappa shape index (κ2) is 5.87. The summed E-state index contributed by atoms with van der Waals surface area (Å²) in [5.41, 5.74) is 3.49. The first kappa shape index (κ1) is 13.4. The van der Waals surface area contributed by atoms with E-state index in [-0.39, 0.29) is 0 Å². The largest absolute Gasteiger partial charge is 0.235 e. The molecule has 22 heavy (non-hydrogen) atoms. The molecule has 0 radical (unpaired) electrons. The van der Waals surface area contributed by atoms with E-state index < -0.39 is 0 Å². The van der Waals surface area contributed by atoms with Gasteiger partial charge in [0, 0.05) is 5.56 Å². The first-order chi connectivity index (χ1) is 10.9. The maximum Gasteiger partial charge on any atom is 0.124 e. The highest BCUT2D eigenvalue weighted by atomic mass is 32.1. The van der Waals surface area contributed by atoms with E-state index in [0.29, 0.717) is 0 Å². The lowest BCUT2D eigenvalue weighted by Crippen LogP contribution is -1.79. The van der Waals surface area contributed by atoms with E-state index in [9.17, 15) is 0 Å². The molecule has 0 N–H and O–H groups in total. The van der Waals surface area contributed by atoms with Crippen LogP contribution in [-0.2, 0) is 0 Å². The SMILES string of the molecule is c1ccc(-c2nc(-c3cccs3)c(-c3ccccc3)s2)cc1. The molecule has 0 saturated carbocycles. The van der Waals surface area contributed by atoms with Crippen LogP contribution < -0.4 is 0 Å². The van der Waals surface area contributed by atoms with Gasteiger partial charge in [-0.2, -0.15) is 0 Å². The van der Waals surface area contributed by atoms with Crippen molar-refractivity contribution >= 4 is 22.7 Å². The van der Waals surface area contributed by atoms with Gasteiger partial charge < -0.3 is 0 Å². The molecular formula is C19H13NS2. The normalized spacial score (nSPS) is 10.7. The van der Waals surface area contributed by atoms with Crippen molar-refractivity contribution in [3.63, 3.8) is 0 Å². The zero-order chi connectivity index (χ0) is 14.8. The third-order valence-electron chi connectivity index (χ3n) is 3.44. The van der Waals surface area contributed by atoms with E-state index in [1.54, 1.807) is 22.7 Å². The lowest BCUT2D eigenvalue weighted by atomic mass is 10.1. The van der Waals surface area contributed by atoms with E-state index in [1.807, 2.05) is 12.1 Å². The number of aromatic nitrogens is 1. The lowest BCUT2D eigenvalue weighted by molar-refractivity contribution is 1.42. The summed E-state index contributed by atoms with van der Waals surface area (Å²) in [6.07, 6.45) is 0. The summed E-state index contributed by atoms with van der Waals surface area (Å²) in [7, 11) is 0. The van der Waals surface area contributed by atoms with Gasteiger partial charge in [-0.25, -0.2) is 4.98 Å². The standard InChI is InChI=1S/C19H13NS2/c1-3-8-14(9-4-1)18-17(16-12-7-13-21-16)20-19(22-18)15-10-5-2-6-11-15/h1-13H. The van der Waals surface area contributed by atoms with Crippen LogP contribution in [0.1, 0.15) is 0 Å². The second-order valence-corrected chi connectivity index (χ2v) is 6.85. The van der Waals surface area contributed by atoms with Crippen molar-refractivity contribution in [3.05, 3.63) is 78.2 Å². The predicted octanol–water partition coefficient (Wildman–Crippen LogP) is 6.21. The molecule has 0 spiro atoms. The fourth-order valence-electron chi connectivity index (χ4n) is 2.39. The van der Waals surface area contributed by atoms with Gasteiger partial charge in [0.1, 0.15) is 5.01 Å². The summed E-state index contributed by atoms with van der Waals surface area (Å²) in [5, 5.41) is 3.17. The quantitative estimate of drug-likeness (QED) is 0.438. The number of hydrogen-bond acceptors (Lipinski definition) is 3. The maximum absolute atomic E-state index is 4.93. The van der Waals surface area contributed by atoms with Gasteiger partial charge in [0.15, 0.2) is 0 Å². The van der Waals surface area contributed by atoms with Crippen molar-refractivity contribution in [1.29, 1.82) is 0 Å². The fourth-order valence-corrected chi connectivity index (χ4v) is 4.27. The Bertz CT molecular complexity index is 862. The molecular weight excluding hydrogens is 306 g/mol. The highest BCUT2D eigenvalue weighted by Gasteiger charge is 2.16. The first-order valence-corrected chi connectivity index (χ1v) is 8.77. The van der Waals surface area contributed by atoms with Crippen molar-refractivity contribution in [3.8, 4) is 31.6 Å². The Hall–Kier alpha value is -2.23. The minimum absolute atomic E-state index is 1.07. The molecule has 4 aromatic rings. The zero-order valence-electron chi connectivity index (χ0n) is 11.8. The number of rotatable bonds is 3. The molecule has 0 aliphatic heterocycles. The molecule has 4 rings (SSSR count). The Kier molecular flexibility index (Phi) is 3.59. The molecule has 0 saturated heterocycles. The average molecular weight is 319 g/mol. The van der Waals surface area contributed by atoms with Crippen LogP contribution >= 0.6 is 22.7 Å². The number of thiophene rings is 1. The van der Waals surface area contributed by atoms with Gasteiger partial charge in [-0.05, 0) is 17.0 Å². The van der Waals surface area contributed by atoms with Gasteiger partial charge in [-0.15, -0.1) is 22.7 Å². The van der Waals surface area contributed by atoms with Crippen LogP contribution in [0.4, 0.5) is 0 Å². The molecule has 0 aliphatic carbocycles. The predicted molar refractivity (Wildman–Crippen MR) is 96.3 cm³/mol. The number of benzene rings is 2. The van der Waals surface area contributed by atoms with Gasteiger partial charge in [0.05, 0.1) is 15.4 Å². The Balaban J connectivity index is 1.91. The summed E-state index contributed by atoms with van der Waals surface area (Å²) < 4.78 is 0. The fraction of sp³-hybridized carbons (Fsp3) is 0. The third-order valence-corrected chi connectivity index (χ3v) is 5.47. The molecule has 0 fully saturated rings. The molecule has 3 heteroatoms. The Labute approximate surface area is 137 Å². The summed E-state index contributed by atoms with van der Waals surface area (Å²) >= 11 is 3.50. The van der Waals surface area contributed by atoms with Gasteiger partial charge in [-0.3, -0.25) is 0 Å². The van der Waals surface area contributed by atoms with Gasteiger partial charge in [0.2, 0.25) is 0 Å². The van der Waals surface area contributed by atoms with Crippen LogP contribution in [0, 0.1) is 0 Å². The van der Waals surface area contributed by atoms with Crippen LogP contribution in [0.15, 0.2) is 78.2 Å². The van der Waals surface area contributed by atoms with Gasteiger partial charge in [-0.1, -0.05) is 66.7 Å². The topological polar surface area (TPSA) is 12.9 Å². The van der Waals surface area contributed by atoms with Crippen molar-refractivity contribution in [2.24, 2.45) is 0 Å². The minimum Gasteiger partial charge on any atom is -0.235 e. The van der Waals surface area contributed by atoms with Crippen LogP contribution in [-0.4, -0.2) is 4.98 Å². The van der Waals surface area contributed by atoms with Crippen molar-refractivity contribution in [1.82, 2.24) is 4.98 Å². The molecule has 106 valence electrons. The van der Waals surface area contributed by atoms with Crippen molar-refractivity contribution in [2.45, 2.75) is 0 Å². The third kappa shape index (κ3) is 2.49. The van der Waals surface area contributed by atoms with Crippen LogP contribution in [0.3, 0.4) is 0 Å². The van der Waals surface area contributed by atoms with Crippen molar-refractivity contribution in [2.75, 3.05) is 0 Å². The maximum atomic E-state index is 4.93. The smallest absolute Gasteiger partial charge is 0.124 e. The minimum atomic E-state index is 1.07. The summed E-state index contributed by atoms with van der Waals surface area (Å²) in [4.78, 5) is 7.39. The molecule has 1 nitrogen and oxygen atoms in total. The number of thiazole rings is 1. The Morgan fingerprint density at radius 2 is 1.36 bits per heavy atom. The molecule has 0 bridgehead atoms. The molecule has 0 amide bonds. The van der Waals surface area contributed by atoms with Gasteiger partial charge >= 0.3 is 0 Å². The molecule has 0 atom stereocenters. The molecule has 0 aliphatic rings. The lowest BCUT2D eigenvalue weighted by Gasteiger charge is -1.99. The number of hydrogen-bond donors (Lipinski definition) is 0. The molecule has 0 unspecified atom stereocenters. The highest BCUT2D eigenvalue weighted by Crippen LogP contribution is 2.41. The van der Waals surface area contributed by atoms with Crippen molar-refractivity contribution < 1.29 is 0 Å². The summed E-state index contributed by atoms with van der Waals surface area (Å²) in [6.45, 7) is 0. The van der Waals surface area contributed by atoms with Crippen LogP contribution in [0.25, 0.3) is 31.6 Å². The monoisotopic (exact) mass is 319 g/mol. The van der Waals surface area contributed by atoms with Gasteiger partial charge in [0.25, 0.3) is 0 Å². The summed E-state index contributed by atoms with van der Waals surface area (Å²) in [6, 6.07) is 25.1. The Morgan fingerprint density at radius 1 is 0.682 bits per heavy atom. The van der Waals surface area contributed by atoms with E-state index in [1.165, 1.54) is 20.9 Å². The highest BCUT2D eigenvalue weighted by molar-refractivity contribution is 7.20. The summed E-state index contributed by atoms with van der Waals surface area (Å²) in [5.74, 6) is 0. The Morgan fingerprint density at radius 3 is 2.00 bits per heavy atom. The van der Waals surface area contributed by atoms with Crippen LogP contribution in [0.2, 0.25) is 0 Å². The van der Waals surface area contributed by atoms with E-state index in [2.05, 4.69) is 66.0 Å². The van der Waals surface area contributed by atoms with Crippen LogP contribution in [0.5, 0.6) is 0 Å². The number of nitrogens with zero attached hydrogens (tertiary/aromatic N) is 1. The van der Waals surface area contributed by atoms with E-state index in [4.69, 9.17) is 4.98 Å². The van der Waals surface area contributed by atoms with E-state index in [0.717, 1.165) is 10.7 Å². The zero-order valence-corrected chi connectivity index (χ0v) is 13.4. The molecule has 2 heterocycles. The molecule has 2 aromatic heterocycles. The van der Waals surface area contributed by atoms with E-state index >= 15 is 0 Å². The first-order valence-electron chi connectivity index (χ1n) is 7.07. The average Bonchev–Trinajstić information content (AvgIpc) is 3.26. The molecule has 2 aromatic carbocycles. The second-order valence-electron chi connectivity index (χ2n) is 4.91.